The van der Waals surface area contributed by atoms with E-state index in [4.69, 9.17) is 0 Å². The van der Waals surface area contributed by atoms with Crippen molar-refractivity contribution in [3.05, 3.63) is 41.7 Å². The van der Waals surface area contributed by atoms with E-state index in [1.807, 2.05) is 18.2 Å². The molecule has 1 aromatic heterocycles. The second kappa shape index (κ2) is 6.02. The highest BCUT2D eigenvalue weighted by molar-refractivity contribution is 5.74. The fourth-order valence-electron chi connectivity index (χ4n) is 2.68. The molecule has 2 aromatic rings. The number of para-hydroxylation sites is 2. The first-order valence-corrected chi connectivity index (χ1v) is 7.24. The van der Waals surface area contributed by atoms with Crippen molar-refractivity contribution >= 4 is 11.0 Å². The highest BCUT2D eigenvalue weighted by atomic mass is 15.0. The van der Waals surface area contributed by atoms with Gasteiger partial charge in [-0.05, 0) is 50.8 Å². The Hall–Kier alpha value is -1.61. The Morgan fingerprint density at radius 2 is 2.16 bits per heavy atom. The average molecular weight is 255 g/mol. The summed E-state index contributed by atoms with van der Waals surface area (Å²) in [4.78, 5) is 7.91. The third-order valence-corrected chi connectivity index (χ3v) is 3.74. The molecule has 100 valence electrons. The van der Waals surface area contributed by atoms with E-state index in [1.165, 1.54) is 32.1 Å². The summed E-state index contributed by atoms with van der Waals surface area (Å²) < 4.78 is 0. The van der Waals surface area contributed by atoms with Crippen molar-refractivity contribution in [2.75, 3.05) is 6.54 Å². The smallest absolute Gasteiger partial charge is 0.121 e. The molecule has 0 amide bonds. The van der Waals surface area contributed by atoms with Crippen molar-refractivity contribution in [3.63, 3.8) is 0 Å². The molecule has 0 bridgehead atoms. The highest BCUT2D eigenvalue weighted by Crippen LogP contribution is 2.19. The summed E-state index contributed by atoms with van der Waals surface area (Å²) in [5.74, 6) is 1.03. The van der Waals surface area contributed by atoms with Gasteiger partial charge in [0.25, 0.3) is 0 Å². The number of rotatable bonds is 5. The monoisotopic (exact) mass is 255 g/mol. The lowest BCUT2D eigenvalue weighted by Gasteiger charge is -2.12. The van der Waals surface area contributed by atoms with Gasteiger partial charge in [0.05, 0.1) is 17.6 Å². The minimum Gasteiger partial charge on any atom is -0.341 e. The molecular formula is C16H21N3. The van der Waals surface area contributed by atoms with Gasteiger partial charge in [0, 0.05) is 0 Å². The van der Waals surface area contributed by atoms with Gasteiger partial charge in [0.15, 0.2) is 0 Å². The summed E-state index contributed by atoms with van der Waals surface area (Å²) in [5, 5.41) is 3.48. The predicted octanol–water partition coefficient (Wildman–Crippen LogP) is 3.54. The SMILES string of the molecule is C1=C(CCNCc2nc3ccccc3[nH]2)CCCC1. The number of hydrogen-bond acceptors (Lipinski definition) is 2. The first-order valence-electron chi connectivity index (χ1n) is 7.24. The fraction of sp³-hybridized carbons (Fsp3) is 0.438. The van der Waals surface area contributed by atoms with Gasteiger partial charge >= 0.3 is 0 Å². The van der Waals surface area contributed by atoms with Crippen LogP contribution >= 0.6 is 0 Å². The number of nitrogens with zero attached hydrogens (tertiary/aromatic N) is 1. The molecule has 0 fully saturated rings. The van der Waals surface area contributed by atoms with E-state index in [2.05, 4.69) is 27.4 Å². The minimum absolute atomic E-state index is 0.821. The van der Waals surface area contributed by atoms with E-state index in [-0.39, 0.29) is 0 Å². The maximum absolute atomic E-state index is 4.56. The van der Waals surface area contributed by atoms with Crippen LogP contribution in [0, 0.1) is 0 Å². The maximum Gasteiger partial charge on any atom is 0.121 e. The van der Waals surface area contributed by atoms with Crippen molar-refractivity contribution in [2.24, 2.45) is 0 Å². The minimum atomic E-state index is 0.821. The van der Waals surface area contributed by atoms with E-state index in [0.29, 0.717) is 0 Å². The van der Waals surface area contributed by atoms with Gasteiger partial charge in [0.2, 0.25) is 0 Å². The van der Waals surface area contributed by atoms with Crippen LogP contribution in [0.5, 0.6) is 0 Å². The largest absolute Gasteiger partial charge is 0.341 e. The molecule has 3 nitrogen and oxygen atoms in total. The molecule has 0 unspecified atom stereocenters. The van der Waals surface area contributed by atoms with Crippen LogP contribution in [-0.2, 0) is 6.54 Å². The zero-order valence-corrected chi connectivity index (χ0v) is 11.3. The quantitative estimate of drug-likeness (QED) is 0.633. The van der Waals surface area contributed by atoms with Gasteiger partial charge in [-0.1, -0.05) is 23.8 Å². The summed E-state index contributed by atoms with van der Waals surface area (Å²) >= 11 is 0. The standard InChI is InChI=1S/C16H21N3/c1-2-6-13(7-3-1)10-11-17-12-16-18-14-8-4-5-9-15(14)19-16/h4-6,8-9,17H,1-3,7,10-12H2,(H,18,19). The molecule has 0 radical (unpaired) electrons. The number of aromatic amines is 1. The molecule has 2 N–H and O–H groups in total. The molecular weight excluding hydrogens is 234 g/mol. The number of benzene rings is 1. The lowest BCUT2D eigenvalue weighted by molar-refractivity contribution is 0.624. The van der Waals surface area contributed by atoms with Gasteiger partial charge in [0.1, 0.15) is 5.82 Å². The van der Waals surface area contributed by atoms with Crippen LogP contribution in [0.3, 0.4) is 0 Å². The van der Waals surface area contributed by atoms with Gasteiger partial charge in [-0.15, -0.1) is 0 Å². The van der Waals surface area contributed by atoms with Crippen molar-refractivity contribution in [1.82, 2.24) is 15.3 Å². The van der Waals surface area contributed by atoms with E-state index in [1.54, 1.807) is 5.57 Å². The molecule has 0 atom stereocenters. The van der Waals surface area contributed by atoms with Gasteiger partial charge in [-0.3, -0.25) is 0 Å². The van der Waals surface area contributed by atoms with Gasteiger partial charge in [-0.2, -0.15) is 0 Å². The number of fused-ring (bicyclic) bond motifs is 1. The molecule has 1 heterocycles. The second-order valence-electron chi connectivity index (χ2n) is 5.24. The summed E-state index contributed by atoms with van der Waals surface area (Å²) in [6, 6.07) is 8.17. The number of imidazole rings is 1. The summed E-state index contributed by atoms with van der Waals surface area (Å²) in [5.41, 5.74) is 3.80. The molecule has 3 rings (SSSR count). The normalized spacial score (nSPS) is 15.7. The zero-order chi connectivity index (χ0) is 12.9. The lowest BCUT2D eigenvalue weighted by atomic mass is 9.97. The summed E-state index contributed by atoms with van der Waals surface area (Å²) in [7, 11) is 0. The molecule has 0 spiro atoms. The Bertz CT molecular complexity index is 535. The Kier molecular flexibility index (Phi) is 3.94. The molecule has 0 saturated heterocycles. The van der Waals surface area contributed by atoms with Crippen molar-refractivity contribution in [1.29, 1.82) is 0 Å². The molecule has 1 aliphatic rings. The van der Waals surface area contributed by atoms with Crippen LogP contribution in [0.2, 0.25) is 0 Å². The van der Waals surface area contributed by atoms with E-state index < -0.39 is 0 Å². The number of allylic oxidation sites excluding steroid dienone is 1. The first-order chi connectivity index (χ1) is 9.42. The fourth-order valence-corrected chi connectivity index (χ4v) is 2.68. The van der Waals surface area contributed by atoms with Crippen molar-refractivity contribution in [3.8, 4) is 0 Å². The number of hydrogen-bond donors (Lipinski definition) is 2. The van der Waals surface area contributed by atoms with E-state index >= 15 is 0 Å². The first kappa shape index (κ1) is 12.4. The third-order valence-electron chi connectivity index (χ3n) is 3.74. The average Bonchev–Trinajstić information content (AvgIpc) is 2.87. The highest BCUT2D eigenvalue weighted by Gasteiger charge is 2.04. The molecule has 0 aliphatic heterocycles. The van der Waals surface area contributed by atoms with Crippen LogP contribution in [0.1, 0.15) is 37.9 Å². The Morgan fingerprint density at radius 1 is 1.21 bits per heavy atom. The van der Waals surface area contributed by atoms with Crippen LogP contribution in [0.25, 0.3) is 11.0 Å². The molecule has 0 saturated carbocycles. The second-order valence-corrected chi connectivity index (χ2v) is 5.24. The van der Waals surface area contributed by atoms with E-state index in [9.17, 15) is 0 Å². The molecule has 1 aromatic carbocycles. The van der Waals surface area contributed by atoms with Crippen LogP contribution < -0.4 is 5.32 Å². The van der Waals surface area contributed by atoms with Crippen molar-refractivity contribution < 1.29 is 0 Å². The molecule has 3 heteroatoms. The van der Waals surface area contributed by atoms with Crippen molar-refractivity contribution in [2.45, 2.75) is 38.6 Å². The topological polar surface area (TPSA) is 40.7 Å². The summed E-state index contributed by atoms with van der Waals surface area (Å²) in [6.45, 7) is 1.87. The van der Waals surface area contributed by atoms with Crippen LogP contribution in [-0.4, -0.2) is 16.5 Å². The Labute approximate surface area is 114 Å². The van der Waals surface area contributed by atoms with E-state index in [0.717, 1.165) is 29.9 Å². The van der Waals surface area contributed by atoms with Gasteiger partial charge < -0.3 is 10.3 Å². The molecule has 19 heavy (non-hydrogen) atoms. The number of aromatic nitrogens is 2. The summed E-state index contributed by atoms with van der Waals surface area (Å²) in [6.07, 6.45) is 8.92. The Balaban J connectivity index is 1.48. The van der Waals surface area contributed by atoms with Crippen LogP contribution in [0.4, 0.5) is 0 Å². The van der Waals surface area contributed by atoms with Gasteiger partial charge in [-0.25, -0.2) is 4.98 Å². The maximum atomic E-state index is 4.56. The molecule has 1 aliphatic carbocycles. The Morgan fingerprint density at radius 3 is 3.00 bits per heavy atom. The van der Waals surface area contributed by atoms with Crippen LogP contribution in [0.15, 0.2) is 35.9 Å². The third kappa shape index (κ3) is 3.24. The number of nitrogens with one attached hydrogen (secondary N) is 2. The number of H-pyrrole nitrogens is 1. The predicted molar refractivity (Wildman–Crippen MR) is 79.0 cm³/mol. The zero-order valence-electron chi connectivity index (χ0n) is 11.3. The lowest BCUT2D eigenvalue weighted by Crippen LogP contribution is -2.16.